The second kappa shape index (κ2) is 4.53. The first kappa shape index (κ1) is 13.2. The van der Waals surface area contributed by atoms with Crippen molar-refractivity contribution in [1.82, 2.24) is 0 Å². The Labute approximate surface area is 94.9 Å². The summed E-state index contributed by atoms with van der Waals surface area (Å²) in [5, 5.41) is 19.4. The van der Waals surface area contributed by atoms with E-state index in [2.05, 4.69) is 0 Å². The van der Waals surface area contributed by atoms with Gasteiger partial charge in [-0.2, -0.15) is 0 Å². The number of hydrogen-bond acceptors (Lipinski definition) is 4. The smallest absolute Gasteiger partial charge is 0.255 e. The van der Waals surface area contributed by atoms with Gasteiger partial charge in [-0.15, -0.1) is 0 Å². The molecular formula is C11H19NO4. The van der Waals surface area contributed by atoms with E-state index in [1.54, 1.807) is 13.0 Å². The molecule has 0 saturated carbocycles. The lowest BCUT2D eigenvalue weighted by molar-refractivity contribution is -0.126. The Hall–Kier alpha value is -0.910. The summed E-state index contributed by atoms with van der Waals surface area (Å²) in [5.74, 6) is -0.741. The Morgan fingerprint density at radius 3 is 2.50 bits per heavy atom. The van der Waals surface area contributed by atoms with Crippen LogP contribution in [0.25, 0.3) is 0 Å². The van der Waals surface area contributed by atoms with Gasteiger partial charge in [0.25, 0.3) is 5.91 Å². The van der Waals surface area contributed by atoms with Crippen molar-refractivity contribution in [3.05, 3.63) is 11.6 Å². The normalized spacial score (nSPS) is 33.3. The fourth-order valence-electron chi connectivity index (χ4n) is 1.96. The first-order valence-electron chi connectivity index (χ1n) is 5.38. The summed E-state index contributed by atoms with van der Waals surface area (Å²) in [5.41, 5.74) is 4.41. The monoisotopic (exact) mass is 229 g/mol. The minimum absolute atomic E-state index is 0.629. The van der Waals surface area contributed by atoms with E-state index >= 15 is 0 Å². The van der Waals surface area contributed by atoms with Crippen LogP contribution in [-0.4, -0.2) is 40.0 Å². The predicted molar refractivity (Wildman–Crippen MR) is 58.5 cm³/mol. The Kier molecular flexibility index (Phi) is 3.72. The molecule has 5 nitrogen and oxygen atoms in total. The molecule has 0 spiro atoms. The maximum absolute atomic E-state index is 11.3. The van der Waals surface area contributed by atoms with Crippen LogP contribution >= 0.6 is 0 Å². The van der Waals surface area contributed by atoms with Gasteiger partial charge in [-0.1, -0.05) is 13.0 Å². The van der Waals surface area contributed by atoms with Crippen LogP contribution in [0.5, 0.6) is 0 Å². The Balaban J connectivity index is 2.90. The fraction of sp³-hybridized carbons (Fsp3) is 0.727. The molecule has 16 heavy (non-hydrogen) atoms. The minimum Gasteiger partial charge on any atom is -0.391 e. The van der Waals surface area contributed by atoms with Crippen LogP contribution in [0.3, 0.4) is 0 Å². The van der Waals surface area contributed by atoms with E-state index in [0.29, 0.717) is 5.57 Å². The van der Waals surface area contributed by atoms with Gasteiger partial charge in [0.2, 0.25) is 5.60 Å². The highest BCUT2D eigenvalue weighted by Crippen LogP contribution is 2.43. The SMILES string of the molecule is CC/C=C(\C)C(O)[C@]1(C(N)=O)O[C@H]1[C@H](C)O. The van der Waals surface area contributed by atoms with E-state index in [9.17, 15) is 15.0 Å². The number of allylic oxidation sites excluding steroid dienone is 1. The van der Waals surface area contributed by atoms with Gasteiger partial charge in [0.05, 0.1) is 6.10 Å². The van der Waals surface area contributed by atoms with Crippen molar-refractivity contribution in [3.8, 4) is 0 Å². The first-order valence-corrected chi connectivity index (χ1v) is 5.38. The van der Waals surface area contributed by atoms with Crippen LogP contribution in [0.4, 0.5) is 0 Å². The molecule has 0 bridgehead atoms. The molecule has 1 aliphatic heterocycles. The highest BCUT2D eigenvalue weighted by atomic mass is 16.6. The molecule has 0 aromatic rings. The average molecular weight is 229 g/mol. The van der Waals surface area contributed by atoms with E-state index in [0.717, 1.165) is 6.42 Å². The molecule has 1 fully saturated rings. The molecule has 0 aromatic heterocycles. The Bertz CT molecular complexity index is 313. The molecule has 0 radical (unpaired) electrons. The molecule has 0 aromatic carbocycles. The lowest BCUT2D eigenvalue weighted by Crippen LogP contribution is -2.47. The van der Waals surface area contributed by atoms with Crippen molar-refractivity contribution < 1.29 is 19.7 Å². The topological polar surface area (TPSA) is 96.1 Å². The molecule has 0 aliphatic carbocycles. The van der Waals surface area contributed by atoms with Gasteiger partial charge in [0.1, 0.15) is 12.2 Å². The number of aliphatic hydroxyl groups is 2. The van der Waals surface area contributed by atoms with E-state index in [4.69, 9.17) is 10.5 Å². The number of rotatable bonds is 5. The zero-order valence-corrected chi connectivity index (χ0v) is 9.80. The van der Waals surface area contributed by atoms with Gasteiger partial charge in [-0.3, -0.25) is 4.79 Å². The molecule has 5 heteroatoms. The summed E-state index contributed by atoms with van der Waals surface area (Å²) >= 11 is 0. The molecule has 92 valence electrons. The van der Waals surface area contributed by atoms with Crippen molar-refractivity contribution in [1.29, 1.82) is 0 Å². The lowest BCUT2D eigenvalue weighted by atomic mass is 9.90. The van der Waals surface area contributed by atoms with E-state index in [1.165, 1.54) is 6.92 Å². The standard InChI is InChI=1S/C11H19NO4/c1-4-5-6(2)8(14)11(10(12)15)9(16-11)7(3)13/h5,7-9,13-14H,4H2,1-3H3,(H2,12,15)/b6-5+/t7-,8?,9-,11-/m0/s1. The third-order valence-electron chi connectivity index (χ3n) is 2.87. The van der Waals surface area contributed by atoms with Gasteiger partial charge in [0, 0.05) is 0 Å². The van der Waals surface area contributed by atoms with Crippen LogP contribution in [0.1, 0.15) is 27.2 Å². The van der Waals surface area contributed by atoms with Crippen LogP contribution < -0.4 is 5.73 Å². The quantitative estimate of drug-likeness (QED) is 0.446. The average Bonchev–Trinajstić information content (AvgIpc) is 2.93. The number of hydrogen-bond donors (Lipinski definition) is 3. The predicted octanol–water partition coefficient (Wildman–Crippen LogP) is -0.293. The number of primary amides is 1. The molecule has 1 saturated heterocycles. The van der Waals surface area contributed by atoms with Gasteiger partial charge in [-0.05, 0) is 25.8 Å². The molecular weight excluding hydrogens is 210 g/mol. The fourth-order valence-corrected chi connectivity index (χ4v) is 1.96. The van der Waals surface area contributed by atoms with Gasteiger partial charge in [0.15, 0.2) is 0 Å². The molecule has 1 rings (SSSR count). The number of carbonyl (C=O) groups is 1. The van der Waals surface area contributed by atoms with Crippen molar-refractivity contribution in [2.45, 2.75) is 51.1 Å². The third kappa shape index (κ3) is 1.98. The second-order valence-corrected chi connectivity index (χ2v) is 4.20. The second-order valence-electron chi connectivity index (χ2n) is 4.20. The summed E-state index contributed by atoms with van der Waals surface area (Å²) in [4.78, 5) is 11.3. The zero-order chi connectivity index (χ0) is 12.5. The third-order valence-corrected chi connectivity index (χ3v) is 2.87. The van der Waals surface area contributed by atoms with Crippen molar-refractivity contribution >= 4 is 5.91 Å². The van der Waals surface area contributed by atoms with Gasteiger partial charge in [-0.25, -0.2) is 0 Å². The minimum atomic E-state index is -1.45. The van der Waals surface area contributed by atoms with Crippen LogP contribution in [-0.2, 0) is 9.53 Å². The van der Waals surface area contributed by atoms with Gasteiger partial charge >= 0.3 is 0 Å². The lowest BCUT2D eigenvalue weighted by Gasteiger charge is -2.18. The summed E-state index contributed by atoms with van der Waals surface area (Å²) in [6.07, 6.45) is -0.103. The van der Waals surface area contributed by atoms with Crippen LogP contribution in [0.2, 0.25) is 0 Å². The maximum atomic E-state index is 11.3. The highest BCUT2D eigenvalue weighted by molar-refractivity contribution is 5.88. The number of amides is 1. The van der Waals surface area contributed by atoms with E-state index in [1.807, 2.05) is 6.92 Å². The van der Waals surface area contributed by atoms with Crippen LogP contribution in [0.15, 0.2) is 11.6 Å². The van der Waals surface area contributed by atoms with E-state index < -0.39 is 29.8 Å². The molecule has 1 aliphatic rings. The number of carbonyl (C=O) groups excluding carboxylic acids is 1. The highest BCUT2D eigenvalue weighted by Gasteiger charge is 2.68. The summed E-state index contributed by atoms with van der Waals surface area (Å²) < 4.78 is 5.14. The van der Waals surface area contributed by atoms with Crippen LogP contribution in [0, 0.1) is 0 Å². The zero-order valence-electron chi connectivity index (χ0n) is 9.80. The maximum Gasteiger partial charge on any atom is 0.255 e. The number of ether oxygens (including phenoxy) is 1. The number of nitrogens with two attached hydrogens (primary N) is 1. The first-order chi connectivity index (χ1) is 7.37. The Morgan fingerprint density at radius 1 is 1.62 bits per heavy atom. The Morgan fingerprint density at radius 2 is 2.19 bits per heavy atom. The van der Waals surface area contributed by atoms with Crippen molar-refractivity contribution in [2.24, 2.45) is 5.73 Å². The largest absolute Gasteiger partial charge is 0.391 e. The molecule has 1 unspecified atom stereocenters. The van der Waals surface area contributed by atoms with Gasteiger partial charge < -0.3 is 20.7 Å². The molecule has 1 heterocycles. The number of aliphatic hydroxyl groups excluding tert-OH is 2. The summed E-state index contributed by atoms with van der Waals surface area (Å²) in [6, 6.07) is 0. The molecule has 4 atom stereocenters. The van der Waals surface area contributed by atoms with Crippen molar-refractivity contribution in [2.75, 3.05) is 0 Å². The number of epoxide rings is 1. The summed E-state index contributed by atoms with van der Waals surface area (Å²) in [7, 11) is 0. The summed E-state index contributed by atoms with van der Waals surface area (Å²) in [6.45, 7) is 5.13. The van der Waals surface area contributed by atoms with E-state index in [-0.39, 0.29) is 0 Å². The molecule has 1 amide bonds. The molecule has 4 N–H and O–H groups in total. The van der Waals surface area contributed by atoms with Crippen molar-refractivity contribution in [3.63, 3.8) is 0 Å².